The number of rotatable bonds is 9. The van der Waals surface area contributed by atoms with E-state index in [1.165, 1.54) is 11.1 Å². The second-order valence-electron chi connectivity index (χ2n) is 8.83. The summed E-state index contributed by atoms with van der Waals surface area (Å²) in [6.45, 7) is 13.5. The lowest BCUT2D eigenvalue weighted by molar-refractivity contribution is 0.00745. The molecule has 1 aliphatic rings. The maximum atomic E-state index is 10.3. The van der Waals surface area contributed by atoms with Gasteiger partial charge in [0.2, 0.25) is 0 Å². The molecular weight excluding hydrogens is 412 g/mol. The number of aliphatic hydroxyl groups excluding tert-OH is 1. The Balaban J connectivity index is 1.62. The number of aryl methyl sites for hydroxylation is 2. The minimum absolute atomic E-state index is 0.397. The van der Waals surface area contributed by atoms with Crippen molar-refractivity contribution in [2.24, 2.45) is 5.92 Å². The normalized spacial score (nSPS) is 16.2. The van der Waals surface area contributed by atoms with Crippen LogP contribution in [0.25, 0.3) is 0 Å². The van der Waals surface area contributed by atoms with Gasteiger partial charge in [0.15, 0.2) is 0 Å². The van der Waals surface area contributed by atoms with Crippen LogP contribution in [0.5, 0.6) is 0 Å². The van der Waals surface area contributed by atoms with Crippen molar-refractivity contribution in [2.75, 3.05) is 50.8 Å². The molecule has 31 heavy (non-hydrogen) atoms. The third-order valence-electron chi connectivity index (χ3n) is 5.50. The third-order valence-corrected chi connectivity index (χ3v) is 5.75. The molecule has 1 fully saturated rings. The van der Waals surface area contributed by atoms with E-state index in [0.29, 0.717) is 25.7 Å². The fraction of sp³-hybridized carbons (Fsp3) is 0.583. The lowest BCUT2D eigenvalue weighted by Crippen LogP contribution is -2.49. The number of nitrogens with zero attached hydrogens (tertiary/aromatic N) is 4. The molecule has 1 aromatic heterocycles. The molecule has 0 aliphatic carbocycles. The molecule has 2 heterocycles. The zero-order valence-corrected chi connectivity index (χ0v) is 19.9. The summed E-state index contributed by atoms with van der Waals surface area (Å²) in [6.07, 6.45) is 0.333. The first-order chi connectivity index (χ1) is 14.8. The van der Waals surface area contributed by atoms with E-state index in [1.54, 1.807) is 0 Å². The van der Waals surface area contributed by atoms with Crippen molar-refractivity contribution in [3.8, 4) is 0 Å². The van der Waals surface area contributed by atoms with E-state index in [4.69, 9.17) is 21.3 Å². The standard InChI is InChI=1S/C24H35ClN4O2/c1-17(2)15-31-16-22(30)14-28-9-11-29(12-10-28)24-23(18(3)26-19(4)27-24)13-20-5-7-21(25)8-6-20/h5-8,17,22,30H,9-16H2,1-4H3. The maximum Gasteiger partial charge on any atom is 0.136 e. The molecule has 0 spiro atoms. The van der Waals surface area contributed by atoms with Gasteiger partial charge in [-0.25, -0.2) is 9.97 Å². The average Bonchev–Trinajstić information content (AvgIpc) is 2.71. The number of halogens is 1. The molecule has 1 unspecified atom stereocenters. The van der Waals surface area contributed by atoms with Gasteiger partial charge in [-0.2, -0.15) is 0 Å². The molecule has 2 aromatic rings. The smallest absolute Gasteiger partial charge is 0.136 e. The van der Waals surface area contributed by atoms with Crippen LogP contribution in [0.3, 0.4) is 0 Å². The van der Waals surface area contributed by atoms with Gasteiger partial charge in [-0.05, 0) is 37.5 Å². The summed E-state index contributed by atoms with van der Waals surface area (Å²) in [7, 11) is 0. The monoisotopic (exact) mass is 446 g/mol. The zero-order valence-electron chi connectivity index (χ0n) is 19.1. The van der Waals surface area contributed by atoms with Gasteiger partial charge in [0.1, 0.15) is 11.6 Å². The first-order valence-corrected chi connectivity index (χ1v) is 11.5. The molecule has 1 saturated heterocycles. The van der Waals surface area contributed by atoms with Gasteiger partial charge >= 0.3 is 0 Å². The predicted molar refractivity (Wildman–Crippen MR) is 126 cm³/mol. The molecule has 3 rings (SSSR count). The Bertz CT molecular complexity index is 836. The highest BCUT2D eigenvalue weighted by Crippen LogP contribution is 2.25. The first-order valence-electron chi connectivity index (χ1n) is 11.1. The highest BCUT2D eigenvalue weighted by atomic mass is 35.5. The van der Waals surface area contributed by atoms with Gasteiger partial charge in [0.05, 0.1) is 12.7 Å². The second-order valence-corrected chi connectivity index (χ2v) is 9.27. The van der Waals surface area contributed by atoms with E-state index in [2.05, 4.69) is 47.7 Å². The van der Waals surface area contributed by atoms with E-state index in [1.807, 2.05) is 19.1 Å². The Hall–Kier alpha value is -1.73. The molecule has 1 aliphatic heterocycles. The van der Waals surface area contributed by atoms with Crippen LogP contribution < -0.4 is 4.90 Å². The fourth-order valence-electron chi connectivity index (χ4n) is 3.93. The topological polar surface area (TPSA) is 61.7 Å². The van der Waals surface area contributed by atoms with Crippen LogP contribution in [0, 0.1) is 19.8 Å². The average molecular weight is 447 g/mol. The van der Waals surface area contributed by atoms with E-state index in [0.717, 1.165) is 55.0 Å². The number of piperazine rings is 1. The largest absolute Gasteiger partial charge is 0.389 e. The van der Waals surface area contributed by atoms with E-state index in [9.17, 15) is 5.11 Å². The highest BCUT2D eigenvalue weighted by Gasteiger charge is 2.23. The Morgan fingerprint density at radius 1 is 1.03 bits per heavy atom. The van der Waals surface area contributed by atoms with Crippen molar-refractivity contribution in [3.63, 3.8) is 0 Å². The van der Waals surface area contributed by atoms with Crippen molar-refractivity contribution < 1.29 is 9.84 Å². The molecule has 0 amide bonds. The van der Waals surface area contributed by atoms with Crippen molar-refractivity contribution >= 4 is 17.4 Å². The van der Waals surface area contributed by atoms with Crippen LogP contribution in [0.15, 0.2) is 24.3 Å². The summed E-state index contributed by atoms with van der Waals surface area (Å²) in [5.74, 6) is 2.31. The van der Waals surface area contributed by atoms with Crippen LogP contribution in [0.4, 0.5) is 5.82 Å². The van der Waals surface area contributed by atoms with Crippen molar-refractivity contribution in [3.05, 3.63) is 51.9 Å². The summed E-state index contributed by atoms with van der Waals surface area (Å²) in [4.78, 5) is 14.1. The molecule has 1 aromatic carbocycles. The first kappa shape index (κ1) is 23.9. The van der Waals surface area contributed by atoms with Crippen LogP contribution in [0.2, 0.25) is 5.02 Å². The lowest BCUT2D eigenvalue weighted by Gasteiger charge is -2.37. The van der Waals surface area contributed by atoms with Crippen LogP contribution in [-0.2, 0) is 11.2 Å². The van der Waals surface area contributed by atoms with Crippen molar-refractivity contribution in [1.82, 2.24) is 14.9 Å². The minimum Gasteiger partial charge on any atom is -0.389 e. The summed E-state index contributed by atoms with van der Waals surface area (Å²) in [6, 6.07) is 7.98. The summed E-state index contributed by atoms with van der Waals surface area (Å²) >= 11 is 6.05. The van der Waals surface area contributed by atoms with Gasteiger partial charge in [-0.3, -0.25) is 4.90 Å². The molecule has 0 radical (unpaired) electrons. The number of ether oxygens (including phenoxy) is 1. The highest BCUT2D eigenvalue weighted by molar-refractivity contribution is 6.30. The van der Waals surface area contributed by atoms with E-state index in [-0.39, 0.29) is 0 Å². The molecule has 0 saturated carbocycles. The van der Waals surface area contributed by atoms with Crippen LogP contribution in [0.1, 0.15) is 36.5 Å². The van der Waals surface area contributed by atoms with Gasteiger partial charge in [-0.15, -0.1) is 0 Å². The molecule has 0 bridgehead atoms. The van der Waals surface area contributed by atoms with Crippen molar-refractivity contribution in [1.29, 1.82) is 0 Å². The second kappa shape index (κ2) is 11.2. The molecule has 7 heteroatoms. The van der Waals surface area contributed by atoms with Gasteiger partial charge in [0.25, 0.3) is 0 Å². The Morgan fingerprint density at radius 3 is 2.35 bits per heavy atom. The number of hydrogen-bond acceptors (Lipinski definition) is 6. The number of benzene rings is 1. The Kier molecular flexibility index (Phi) is 8.67. The zero-order chi connectivity index (χ0) is 22.4. The summed E-state index contributed by atoms with van der Waals surface area (Å²) < 4.78 is 5.58. The quantitative estimate of drug-likeness (QED) is 0.636. The third kappa shape index (κ3) is 7.14. The number of aliphatic hydroxyl groups is 1. The van der Waals surface area contributed by atoms with Gasteiger partial charge < -0.3 is 14.7 Å². The SMILES string of the molecule is Cc1nc(C)c(Cc2ccc(Cl)cc2)c(N2CCN(CC(O)COCC(C)C)CC2)n1. The molecule has 1 atom stereocenters. The number of aromatic nitrogens is 2. The Morgan fingerprint density at radius 2 is 1.71 bits per heavy atom. The number of β-amino-alcohol motifs (C(OH)–C–C–N with tert-alkyl or cyclic N) is 1. The molecule has 1 N–H and O–H groups in total. The van der Waals surface area contributed by atoms with Crippen molar-refractivity contribution in [2.45, 2.75) is 40.2 Å². The molecule has 6 nitrogen and oxygen atoms in total. The van der Waals surface area contributed by atoms with E-state index >= 15 is 0 Å². The van der Waals surface area contributed by atoms with E-state index < -0.39 is 6.10 Å². The molecule has 170 valence electrons. The lowest BCUT2D eigenvalue weighted by atomic mass is 10.0. The van der Waals surface area contributed by atoms with Gasteiger partial charge in [0, 0.05) is 62.0 Å². The Labute approximate surface area is 191 Å². The number of hydrogen-bond donors (Lipinski definition) is 1. The summed E-state index contributed by atoms with van der Waals surface area (Å²) in [5.41, 5.74) is 3.39. The predicted octanol–water partition coefficient (Wildman–Crippen LogP) is 3.49. The fourth-order valence-corrected chi connectivity index (χ4v) is 4.05. The molecular formula is C24H35ClN4O2. The van der Waals surface area contributed by atoms with Crippen LogP contribution >= 0.6 is 11.6 Å². The van der Waals surface area contributed by atoms with Crippen LogP contribution in [-0.4, -0.2) is 72.0 Å². The minimum atomic E-state index is -0.450. The summed E-state index contributed by atoms with van der Waals surface area (Å²) in [5, 5.41) is 11.0. The van der Waals surface area contributed by atoms with Gasteiger partial charge in [-0.1, -0.05) is 37.6 Å². The number of anilines is 1. The maximum absolute atomic E-state index is 10.3.